The third kappa shape index (κ3) is 5.87. The van der Waals surface area contributed by atoms with Gasteiger partial charge in [0.1, 0.15) is 5.75 Å². The molecule has 0 N–H and O–H groups in total. The topological polar surface area (TPSA) is 52.6 Å². The molecule has 0 aliphatic heterocycles. The lowest BCUT2D eigenvalue weighted by atomic mass is 10.1. The molecule has 0 atom stereocenters. The Morgan fingerprint density at radius 2 is 1.89 bits per heavy atom. The summed E-state index contributed by atoms with van der Waals surface area (Å²) in [5.41, 5.74) is 0.606. The summed E-state index contributed by atoms with van der Waals surface area (Å²) in [6.45, 7) is 2.34. The zero-order chi connectivity index (χ0) is 14.1. The number of ketones is 1. The van der Waals surface area contributed by atoms with Crippen molar-refractivity contribution in [2.75, 3.05) is 18.5 Å². The van der Waals surface area contributed by atoms with Gasteiger partial charge in [0.2, 0.25) is 0 Å². The molecule has 0 bridgehead atoms. The first-order valence-electron chi connectivity index (χ1n) is 6.15. The highest BCUT2D eigenvalue weighted by atomic mass is 79.9. The molecular formula is C14H17BrO4. The number of hydrogen-bond donors (Lipinski definition) is 0. The molecule has 4 nitrogen and oxygen atoms in total. The van der Waals surface area contributed by atoms with Crippen molar-refractivity contribution in [3.8, 4) is 5.75 Å². The third-order valence-electron chi connectivity index (χ3n) is 2.42. The number of carbonyl (C=O) groups excluding carboxylic acids is 2. The number of halogens is 1. The van der Waals surface area contributed by atoms with E-state index >= 15 is 0 Å². The van der Waals surface area contributed by atoms with Crippen molar-refractivity contribution in [1.82, 2.24) is 0 Å². The van der Waals surface area contributed by atoms with E-state index in [1.807, 2.05) is 6.92 Å². The van der Waals surface area contributed by atoms with E-state index in [0.29, 0.717) is 17.9 Å². The van der Waals surface area contributed by atoms with Gasteiger partial charge in [-0.25, -0.2) is 4.79 Å². The van der Waals surface area contributed by atoms with Crippen LogP contribution in [0.25, 0.3) is 0 Å². The van der Waals surface area contributed by atoms with Crippen molar-refractivity contribution in [2.24, 2.45) is 0 Å². The second-order valence-electron chi connectivity index (χ2n) is 3.94. The van der Waals surface area contributed by atoms with Crippen molar-refractivity contribution in [3.05, 3.63) is 29.8 Å². The summed E-state index contributed by atoms with van der Waals surface area (Å²) in [4.78, 5) is 22.7. The number of Topliss-reactive ketones (excluding diaryl/α,β-unsaturated/α-hetero) is 1. The average molecular weight is 329 g/mol. The van der Waals surface area contributed by atoms with Gasteiger partial charge in [0, 0.05) is 5.56 Å². The van der Waals surface area contributed by atoms with Crippen LogP contribution in [0.2, 0.25) is 0 Å². The standard InChI is InChI=1S/C14H17BrO4/c1-2-3-8-18-14(17)10-19-12-6-4-11(5-7-12)13(16)9-15/h4-7H,2-3,8-10H2,1H3. The fourth-order valence-corrected chi connectivity index (χ4v) is 1.65. The van der Waals surface area contributed by atoms with Crippen LogP contribution in [0.5, 0.6) is 5.75 Å². The van der Waals surface area contributed by atoms with Crippen molar-refractivity contribution in [3.63, 3.8) is 0 Å². The van der Waals surface area contributed by atoms with Crippen molar-refractivity contribution in [2.45, 2.75) is 19.8 Å². The highest BCUT2D eigenvalue weighted by Gasteiger charge is 2.06. The van der Waals surface area contributed by atoms with Crippen LogP contribution in [0.1, 0.15) is 30.1 Å². The van der Waals surface area contributed by atoms with Gasteiger partial charge in [-0.3, -0.25) is 4.79 Å². The van der Waals surface area contributed by atoms with Crippen LogP contribution in [0.4, 0.5) is 0 Å². The van der Waals surface area contributed by atoms with Crippen LogP contribution >= 0.6 is 15.9 Å². The van der Waals surface area contributed by atoms with Crippen molar-refractivity contribution < 1.29 is 19.1 Å². The molecule has 0 amide bonds. The van der Waals surface area contributed by atoms with Crippen LogP contribution in [0, 0.1) is 0 Å². The first kappa shape index (κ1) is 15.7. The maximum atomic E-state index is 11.4. The summed E-state index contributed by atoms with van der Waals surface area (Å²) in [6, 6.07) is 6.66. The molecule has 0 spiro atoms. The zero-order valence-electron chi connectivity index (χ0n) is 10.9. The summed E-state index contributed by atoms with van der Waals surface area (Å²) in [7, 11) is 0. The molecule has 0 saturated carbocycles. The van der Waals surface area contributed by atoms with E-state index in [9.17, 15) is 9.59 Å². The lowest BCUT2D eigenvalue weighted by Crippen LogP contribution is -2.15. The fourth-order valence-electron chi connectivity index (χ4n) is 1.33. The molecule has 1 aromatic rings. The monoisotopic (exact) mass is 328 g/mol. The molecule has 104 valence electrons. The van der Waals surface area contributed by atoms with Gasteiger partial charge in [0.05, 0.1) is 11.9 Å². The fraction of sp³-hybridized carbons (Fsp3) is 0.429. The quantitative estimate of drug-likeness (QED) is 0.318. The van der Waals surface area contributed by atoms with E-state index in [1.165, 1.54) is 0 Å². The van der Waals surface area contributed by atoms with E-state index in [1.54, 1.807) is 24.3 Å². The molecule has 0 heterocycles. The predicted molar refractivity (Wildman–Crippen MR) is 75.9 cm³/mol. The minimum atomic E-state index is -0.380. The van der Waals surface area contributed by atoms with Crippen LogP contribution < -0.4 is 4.74 Å². The molecule has 0 aliphatic carbocycles. The number of benzene rings is 1. The number of alkyl halides is 1. The molecule has 0 aromatic heterocycles. The van der Waals surface area contributed by atoms with Crippen LogP contribution in [-0.2, 0) is 9.53 Å². The van der Waals surface area contributed by atoms with E-state index < -0.39 is 0 Å². The molecule has 5 heteroatoms. The normalized spacial score (nSPS) is 10.0. The SMILES string of the molecule is CCCCOC(=O)COc1ccc(C(=O)CBr)cc1. The van der Waals surface area contributed by atoms with Gasteiger partial charge in [-0.1, -0.05) is 29.3 Å². The Balaban J connectivity index is 2.37. The van der Waals surface area contributed by atoms with E-state index in [2.05, 4.69) is 15.9 Å². The van der Waals surface area contributed by atoms with Crippen LogP contribution in [0.15, 0.2) is 24.3 Å². The van der Waals surface area contributed by atoms with Gasteiger partial charge >= 0.3 is 5.97 Å². The largest absolute Gasteiger partial charge is 0.482 e. The van der Waals surface area contributed by atoms with Gasteiger partial charge in [-0.05, 0) is 30.7 Å². The first-order valence-corrected chi connectivity index (χ1v) is 7.27. The number of hydrogen-bond acceptors (Lipinski definition) is 4. The number of carbonyl (C=O) groups is 2. The minimum absolute atomic E-state index is 0.00512. The Morgan fingerprint density at radius 3 is 2.47 bits per heavy atom. The first-order chi connectivity index (χ1) is 9.17. The molecular weight excluding hydrogens is 312 g/mol. The van der Waals surface area contributed by atoms with Gasteiger partial charge in [-0.15, -0.1) is 0 Å². The number of esters is 1. The number of ether oxygens (including phenoxy) is 2. The Kier molecular flexibility index (Phi) is 7.18. The summed E-state index contributed by atoms with van der Waals surface area (Å²) in [5, 5.41) is 0.289. The van der Waals surface area contributed by atoms with Crippen molar-refractivity contribution in [1.29, 1.82) is 0 Å². The molecule has 0 fully saturated rings. The molecule has 0 radical (unpaired) electrons. The highest BCUT2D eigenvalue weighted by Crippen LogP contribution is 2.13. The number of unbranched alkanes of at least 4 members (excludes halogenated alkanes) is 1. The minimum Gasteiger partial charge on any atom is -0.482 e. The van der Waals surface area contributed by atoms with Crippen LogP contribution in [0.3, 0.4) is 0 Å². The van der Waals surface area contributed by atoms with E-state index in [0.717, 1.165) is 12.8 Å². The van der Waals surface area contributed by atoms with Gasteiger partial charge in [0.15, 0.2) is 12.4 Å². The molecule has 19 heavy (non-hydrogen) atoms. The summed E-state index contributed by atoms with van der Waals surface area (Å²) >= 11 is 3.11. The number of rotatable bonds is 8. The zero-order valence-corrected chi connectivity index (χ0v) is 12.4. The molecule has 0 aliphatic rings. The molecule has 1 aromatic carbocycles. The summed E-state index contributed by atoms with van der Waals surface area (Å²) in [6.07, 6.45) is 1.84. The van der Waals surface area contributed by atoms with Crippen molar-refractivity contribution >= 4 is 27.7 Å². The van der Waals surface area contributed by atoms with Crippen LogP contribution in [-0.4, -0.2) is 30.3 Å². The highest BCUT2D eigenvalue weighted by molar-refractivity contribution is 9.09. The predicted octanol–water partition coefficient (Wildman–Crippen LogP) is 2.99. The average Bonchev–Trinajstić information content (AvgIpc) is 2.45. The smallest absolute Gasteiger partial charge is 0.344 e. The Hall–Kier alpha value is -1.36. The molecule has 1 rings (SSSR count). The van der Waals surface area contributed by atoms with Gasteiger partial charge < -0.3 is 9.47 Å². The second-order valence-corrected chi connectivity index (χ2v) is 4.50. The maximum absolute atomic E-state index is 11.4. The second kappa shape index (κ2) is 8.69. The van der Waals surface area contributed by atoms with E-state index in [4.69, 9.17) is 9.47 Å². The Bertz CT molecular complexity index is 414. The third-order valence-corrected chi connectivity index (χ3v) is 2.92. The maximum Gasteiger partial charge on any atom is 0.344 e. The Labute approximate surface area is 121 Å². The van der Waals surface area contributed by atoms with Gasteiger partial charge in [-0.2, -0.15) is 0 Å². The molecule has 0 saturated heterocycles. The van der Waals surface area contributed by atoms with E-state index in [-0.39, 0.29) is 23.7 Å². The van der Waals surface area contributed by atoms with Gasteiger partial charge in [0.25, 0.3) is 0 Å². The lowest BCUT2D eigenvalue weighted by Gasteiger charge is -2.07. The summed E-state index contributed by atoms with van der Waals surface area (Å²) < 4.78 is 10.2. The summed E-state index contributed by atoms with van der Waals surface area (Å²) in [5.74, 6) is 0.165. The lowest BCUT2D eigenvalue weighted by molar-refractivity contribution is -0.146. The molecule has 0 unspecified atom stereocenters. The Morgan fingerprint density at radius 1 is 1.21 bits per heavy atom.